The van der Waals surface area contributed by atoms with Crippen molar-refractivity contribution in [2.75, 3.05) is 26.8 Å². The van der Waals surface area contributed by atoms with E-state index < -0.39 is 24.0 Å². The summed E-state index contributed by atoms with van der Waals surface area (Å²) < 4.78 is 10.5. The number of carbonyl (C=O) groups is 3. The van der Waals surface area contributed by atoms with Crippen LogP contribution in [0.1, 0.15) is 30.4 Å². The summed E-state index contributed by atoms with van der Waals surface area (Å²) in [6, 6.07) is 15.0. The molecule has 0 aliphatic heterocycles. The summed E-state index contributed by atoms with van der Waals surface area (Å²) in [5, 5.41) is 2.53. The normalized spacial score (nSPS) is 12.8. The van der Waals surface area contributed by atoms with Crippen molar-refractivity contribution in [3.63, 3.8) is 0 Å². The van der Waals surface area contributed by atoms with Gasteiger partial charge in [-0.3, -0.25) is 9.59 Å². The highest BCUT2D eigenvalue weighted by atomic mass is 16.5. The molecule has 1 unspecified atom stereocenters. The van der Waals surface area contributed by atoms with Crippen LogP contribution in [0, 0.1) is 0 Å². The van der Waals surface area contributed by atoms with E-state index in [4.69, 9.17) is 9.47 Å². The number of carbonyl (C=O) groups excluding carboxylic acids is 3. The molecule has 0 heterocycles. The maximum atomic E-state index is 12.6. The molecule has 0 bridgehead atoms. The minimum atomic E-state index is -1.08. The van der Waals surface area contributed by atoms with Crippen molar-refractivity contribution in [1.82, 2.24) is 10.2 Å². The van der Waals surface area contributed by atoms with E-state index >= 15 is 0 Å². The molecule has 2 aromatic carbocycles. The Morgan fingerprint density at radius 1 is 1.06 bits per heavy atom. The van der Waals surface area contributed by atoms with E-state index in [1.165, 1.54) is 11.0 Å². The molecule has 1 atom stereocenters. The van der Waals surface area contributed by atoms with Crippen molar-refractivity contribution in [3.05, 3.63) is 72.3 Å². The van der Waals surface area contributed by atoms with E-state index in [-0.39, 0.29) is 25.6 Å². The van der Waals surface area contributed by atoms with Crippen molar-refractivity contribution in [2.45, 2.75) is 25.3 Å². The van der Waals surface area contributed by atoms with Crippen molar-refractivity contribution >= 4 is 18.0 Å². The Labute approximate surface area is 188 Å². The first kappa shape index (κ1) is 23.1. The van der Waals surface area contributed by atoms with Gasteiger partial charge >= 0.3 is 12.1 Å². The number of ether oxygens (including phenoxy) is 2. The number of fused-ring (bicyclic) bond motifs is 3. The molecule has 32 heavy (non-hydrogen) atoms. The third-order valence-electron chi connectivity index (χ3n) is 5.52. The number of hydrogen-bond acceptors (Lipinski definition) is 5. The second-order valence-corrected chi connectivity index (χ2v) is 7.55. The van der Waals surface area contributed by atoms with Crippen LogP contribution < -0.4 is 5.32 Å². The van der Waals surface area contributed by atoms with Crippen molar-refractivity contribution in [3.8, 4) is 11.1 Å². The number of esters is 1. The van der Waals surface area contributed by atoms with E-state index in [9.17, 15) is 14.4 Å². The monoisotopic (exact) mass is 436 g/mol. The van der Waals surface area contributed by atoms with Gasteiger partial charge in [-0.25, -0.2) is 4.79 Å². The van der Waals surface area contributed by atoms with E-state index in [1.54, 1.807) is 14.0 Å². The van der Waals surface area contributed by atoms with E-state index in [0.29, 0.717) is 6.54 Å². The van der Waals surface area contributed by atoms with Crippen molar-refractivity contribution < 1.29 is 23.9 Å². The zero-order valence-corrected chi connectivity index (χ0v) is 18.4. The smallest absolute Gasteiger partial charge is 0.407 e. The Bertz CT molecular complexity index is 958. The topological polar surface area (TPSA) is 84.9 Å². The highest BCUT2D eigenvalue weighted by Crippen LogP contribution is 2.44. The molecule has 1 aliphatic carbocycles. The second kappa shape index (κ2) is 10.6. The largest absolute Gasteiger partial charge is 0.461 e. The minimum Gasteiger partial charge on any atom is -0.461 e. The third-order valence-corrected chi connectivity index (χ3v) is 5.52. The Hall–Kier alpha value is -3.61. The fraction of sp³-hybridized carbons (Fsp3) is 0.320. The van der Waals surface area contributed by atoms with Crippen LogP contribution in [0.15, 0.2) is 61.2 Å². The van der Waals surface area contributed by atoms with Crippen LogP contribution in [0.3, 0.4) is 0 Å². The summed E-state index contributed by atoms with van der Waals surface area (Å²) >= 11 is 0. The van der Waals surface area contributed by atoms with Gasteiger partial charge in [0.15, 0.2) is 0 Å². The summed E-state index contributed by atoms with van der Waals surface area (Å²) in [5.74, 6) is -1.10. The first-order valence-corrected chi connectivity index (χ1v) is 10.6. The molecule has 1 aliphatic rings. The van der Waals surface area contributed by atoms with Gasteiger partial charge in [0, 0.05) is 19.5 Å². The van der Waals surface area contributed by atoms with Crippen LogP contribution in [0.5, 0.6) is 0 Å². The number of rotatable bonds is 9. The number of likely N-dealkylation sites (N-methyl/N-ethyl adjacent to an activating group) is 1. The molecule has 0 saturated heterocycles. The van der Waals surface area contributed by atoms with E-state index in [1.807, 2.05) is 36.4 Å². The zero-order chi connectivity index (χ0) is 23.1. The molecule has 2 amide bonds. The first-order valence-electron chi connectivity index (χ1n) is 10.6. The molecule has 0 fully saturated rings. The van der Waals surface area contributed by atoms with Crippen molar-refractivity contribution in [2.24, 2.45) is 0 Å². The number of benzene rings is 2. The van der Waals surface area contributed by atoms with Gasteiger partial charge in [-0.15, -0.1) is 0 Å². The van der Waals surface area contributed by atoms with Gasteiger partial charge < -0.3 is 19.7 Å². The summed E-state index contributed by atoms with van der Waals surface area (Å²) in [4.78, 5) is 38.7. The average molecular weight is 437 g/mol. The molecule has 0 saturated carbocycles. The predicted molar refractivity (Wildman–Crippen MR) is 121 cm³/mol. The van der Waals surface area contributed by atoms with Gasteiger partial charge in [-0.05, 0) is 29.2 Å². The van der Waals surface area contributed by atoms with Gasteiger partial charge in [0.25, 0.3) is 0 Å². The predicted octanol–water partition coefficient (Wildman–Crippen LogP) is 3.49. The van der Waals surface area contributed by atoms with Crippen LogP contribution in [0.4, 0.5) is 4.79 Å². The number of amides is 2. The van der Waals surface area contributed by atoms with E-state index in [0.717, 1.165) is 22.3 Å². The fourth-order valence-corrected chi connectivity index (χ4v) is 3.78. The Kier molecular flexibility index (Phi) is 7.65. The number of alkyl carbamates (subject to hydrolysis) is 1. The fourth-order valence-electron chi connectivity index (χ4n) is 3.78. The molecule has 0 radical (unpaired) electrons. The Balaban J connectivity index is 1.68. The van der Waals surface area contributed by atoms with Gasteiger partial charge in [-0.2, -0.15) is 0 Å². The molecule has 2 aromatic rings. The lowest BCUT2D eigenvalue weighted by atomic mass is 9.98. The molecule has 7 heteroatoms. The lowest BCUT2D eigenvalue weighted by molar-refractivity contribution is -0.146. The van der Waals surface area contributed by atoms with Gasteiger partial charge in [0.2, 0.25) is 5.91 Å². The lowest BCUT2D eigenvalue weighted by Crippen LogP contribution is -2.48. The van der Waals surface area contributed by atoms with Crippen LogP contribution in [0.2, 0.25) is 0 Å². The highest BCUT2D eigenvalue weighted by Gasteiger charge is 2.31. The first-order chi connectivity index (χ1) is 15.5. The van der Waals surface area contributed by atoms with E-state index in [2.05, 4.69) is 24.0 Å². The van der Waals surface area contributed by atoms with Crippen LogP contribution >= 0.6 is 0 Å². The van der Waals surface area contributed by atoms with Gasteiger partial charge in [-0.1, -0.05) is 61.2 Å². The zero-order valence-electron chi connectivity index (χ0n) is 18.4. The second-order valence-electron chi connectivity index (χ2n) is 7.55. The molecule has 0 spiro atoms. The van der Waals surface area contributed by atoms with Crippen LogP contribution in [-0.4, -0.2) is 55.7 Å². The maximum Gasteiger partial charge on any atom is 0.407 e. The molecule has 3 rings (SSSR count). The van der Waals surface area contributed by atoms with Gasteiger partial charge in [0.05, 0.1) is 6.42 Å². The standard InChI is InChI=1S/C25H28N2O5/c1-4-14-31-23(28)15-22(24(29)27(3)5-2)26-25(30)32-16-21-19-12-8-6-10-17(19)18-11-7-9-13-20(18)21/h4,6-13,21-22H,1,5,14-16H2,2-3H3,(H,26,30). The molecule has 168 valence electrons. The summed E-state index contributed by atoms with van der Waals surface area (Å²) in [7, 11) is 1.60. The SMILES string of the molecule is C=CCOC(=O)CC(NC(=O)OCC1c2ccccc2-c2ccccc21)C(=O)N(C)CC. The summed E-state index contributed by atoms with van der Waals surface area (Å²) in [6.45, 7) is 5.88. The average Bonchev–Trinajstić information content (AvgIpc) is 3.13. The minimum absolute atomic E-state index is 0.0360. The van der Waals surface area contributed by atoms with Crippen LogP contribution in [-0.2, 0) is 19.1 Å². The molecule has 1 N–H and O–H groups in total. The summed E-state index contributed by atoms with van der Waals surface area (Å²) in [5.41, 5.74) is 4.43. The number of nitrogens with one attached hydrogen (secondary N) is 1. The van der Waals surface area contributed by atoms with Crippen molar-refractivity contribution in [1.29, 1.82) is 0 Å². The Morgan fingerprint density at radius 2 is 1.66 bits per heavy atom. The quantitative estimate of drug-likeness (QED) is 0.480. The number of nitrogens with zero attached hydrogens (tertiary/aromatic N) is 1. The third kappa shape index (κ3) is 5.17. The van der Waals surface area contributed by atoms with Gasteiger partial charge in [0.1, 0.15) is 19.3 Å². The highest BCUT2D eigenvalue weighted by molar-refractivity contribution is 5.89. The molecule has 7 nitrogen and oxygen atoms in total. The summed E-state index contributed by atoms with van der Waals surface area (Å²) in [6.07, 6.45) is 0.388. The molecular weight excluding hydrogens is 408 g/mol. The Morgan fingerprint density at radius 3 is 2.22 bits per heavy atom. The van der Waals surface area contributed by atoms with Crippen LogP contribution in [0.25, 0.3) is 11.1 Å². The molecule has 0 aromatic heterocycles. The maximum absolute atomic E-state index is 12.6. The lowest BCUT2D eigenvalue weighted by Gasteiger charge is -2.23. The molecular formula is C25H28N2O5. The number of hydrogen-bond donors (Lipinski definition) is 1.